The lowest BCUT2D eigenvalue weighted by Gasteiger charge is -2.16. The van der Waals surface area contributed by atoms with E-state index in [1.165, 1.54) is 0 Å². The van der Waals surface area contributed by atoms with Crippen LogP contribution in [0, 0.1) is 5.92 Å². The monoisotopic (exact) mass is 277 g/mol. The topological polar surface area (TPSA) is 78.6 Å². The number of hydrogen-bond acceptors (Lipinski definition) is 4. The predicted molar refractivity (Wildman–Crippen MR) is 79.2 cm³/mol. The number of carbonyl (C=O) groups is 1. The first kappa shape index (κ1) is 15.0. The van der Waals surface area contributed by atoms with Gasteiger partial charge in [0.1, 0.15) is 0 Å². The molecular formula is C15H23N3O2. The van der Waals surface area contributed by atoms with Crippen molar-refractivity contribution in [3.8, 4) is 0 Å². The number of rotatable bonds is 6. The fraction of sp³-hybridized carbons (Fsp3) is 0.533. The molecule has 1 fully saturated rings. The van der Waals surface area contributed by atoms with Crippen molar-refractivity contribution in [3.63, 3.8) is 0 Å². The van der Waals surface area contributed by atoms with Gasteiger partial charge in [0, 0.05) is 25.4 Å². The van der Waals surface area contributed by atoms with E-state index >= 15 is 0 Å². The van der Waals surface area contributed by atoms with E-state index in [-0.39, 0.29) is 12.5 Å². The van der Waals surface area contributed by atoms with Gasteiger partial charge in [-0.2, -0.15) is 0 Å². The van der Waals surface area contributed by atoms with Crippen molar-refractivity contribution < 1.29 is 9.90 Å². The number of aliphatic hydroxyl groups excluding tert-OH is 1. The lowest BCUT2D eigenvalue weighted by molar-refractivity contribution is -0.117. The van der Waals surface area contributed by atoms with Crippen molar-refractivity contribution in [2.45, 2.75) is 19.4 Å². The lowest BCUT2D eigenvalue weighted by Crippen LogP contribution is -2.32. The van der Waals surface area contributed by atoms with E-state index in [1.54, 1.807) is 0 Å². The normalized spacial score (nSPS) is 19.2. The van der Waals surface area contributed by atoms with Gasteiger partial charge in [-0.25, -0.2) is 0 Å². The highest BCUT2D eigenvalue weighted by molar-refractivity contribution is 5.93. The summed E-state index contributed by atoms with van der Waals surface area (Å²) in [7, 11) is 0. The summed E-state index contributed by atoms with van der Waals surface area (Å²) in [6.07, 6.45) is 1.89. The van der Waals surface area contributed by atoms with E-state index in [0.717, 1.165) is 37.2 Å². The molecule has 0 radical (unpaired) electrons. The molecule has 0 saturated carbocycles. The van der Waals surface area contributed by atoms with Crippen molar-refractivity contribution in [3.05, 3.63) is 29.8 Å². The quantitative estimate of drug-likeness (QED) is 0.718. The van der Waals surface area contributed by atoms with Gasteiger partial charge < -0.3 is 16.2 Å². The molecule has 0 bridgehead atoms. The summed E-state index contributed by atoms with van der Waals surface area (Å²) in [4.78, 5) is 14.2. The number of carbonyl (C=O) groups excluding carboxylic acids is 1. The maximum atomic E-state index is 12.1. The summed E-state index contributed by atoms with van der Waals surface area (Å²) in [5.74, 6) is 0.514. The molecule has 110 valence electrons. The molecule has 0 spiro atoms. The first-order chi connectivity index (χ1) is 9.72. The largest absolute Gasteiger partial charge is 0.396 e. The van der Waals surface area contributed by atoms with Gasteiger partial charge in [-0.3, -0.25) is 9.69 Å². The molecule has 1 aliphatic rings. The number of nitrogens with two attached hydrogens (primary N) is 1. The highest BCUT2D eigenvalue weighted by atomic mass is 16.3. The number of para-hydroxylation sites is 1. The zero-order chi connectivity index (χ0) is 14.4. The number of aliphatic hydroxyl groups is 1. The first-order valence-corrected chi connectivity index (χ1v) is 7.14. The highest BCUT2D eigenvalue weighted by Crippen LogP contribution is 2.19. The van der Waals surface area contributed by atoms with Gasteiger partial charge in [0.15, 0.2) is 0 Å². The summed E-state index contributed by atoms with van der Waals surface area (Å²) < 4.78 is 0. The van der Waals surface area contributed by atoms with Gasteiger partial charge in [0.25, 0.3) is 0 Å². The number of nitrogens with zero attached hydrogens (tertiary/aromatic N) is 1. The minimum atomic E-state index is -0.00412. The average molecular weight is 277 g/mol. The maximum Gasteiger partial charge on any atom is 0.238 e. The highest BCUT2D eigenvalue weighted by Gasteiger charge is 2.23. The lowest BCUT2D eigenvalue weighted by atomic mass is 10.1. The smallest absolute Gasteiger partial charge is 0.238 e. The predicted octanol–water partition coefficient (Wildman–Crippen LogP) is 0.788. The Bertz CT molecular complexity index is 450. The van der Waals surface area contributed by atoms with Crippen LogP contribution in [0.15, 0.2) is 24.3 Å². The van der Waals surface area contributed by atoms with Crippen molar-refractivity contribution >= 4 is 11.6 Å². The van der Waals surface area contributed by atoms with E-state index in [9.17, 15) is 4.79 Å². The Morgan fingerprint density at radius 3 is 3.00 bits per heavy atom. The Hall–Kier alpha value is -1.43. The fourth-order valence-electron chi connectivity index (χ4n) is 2.69. The van der Waals surface area contributed by atoms with Crippen LogP contribution in [0.3, 0.4) is 0 Å². The van der Waals surface area contributed by atoms with Crippen LogP contribution in [0.2, 0.25) is 0 Å². The molecule has 5 nitrogen and oxygen atoms in total. The van der Waals surface area contributed by atoms with E-state index < -0.39 is 0 Å². The van der Waals surface area contributed by atoms with Crippen LogP contribution in [0.4, 0.5) is 5.69 Å². The van der Waals surface area contributed by atoms with Gasteiger partial charge in [-0.1, -0.05) is 18.2 Å². The van der Waals surface area contributed by atoms with Gasteiger partial charge in [-0.15, -0.1) is 0 Å². The second-order valence-corrected chi connectivity index (χ2v) is 5.31. The molecule has 0 aromatic heterocycles. The van der Waals surface area contributed by atoms with Crippen molar-refractivity contribution in [1.29, 1.82) is 0 Å². The molecule has 4 N–H and O–H groups in total. The van der Waals surface area contributed by atoms with Gasteiger partial charge in [0.2, 0.25) is 5.91 Å². The molecule has 5 heteroatoms. The molecule has 2 rings (SSSR count). The van der Waals surface area contributed by atoms with Crippen LogP contribution < -0.4 is 11.1 Å². The molecule has 1 unspecified atom stereocenters. The number of benzene rings is 1. The van der Waals surface area contributed by atoms with E-state index in [4.69, 9.17) is 10.8 Å². The molecule has 1 aliphatic heterocycles. The summed E-state index contributed by atoms with van der Waals surface area (Å²) in [6.45, 7) is 2.87. The minimum absolute atomic E-state index is 0.00412. The van der Waals surface area contributed by atoms with Crippen LogP contribution in [0.1, 0.15) is 18.4 Å². The molecular weight excluding hydrogens is 254 g/mol. The Morgan fingerprint density at radius 1 is 1.45 bits per heavy atom. The SMILES string of the molecule is NCc1ccccc1NC(=O)CN1CCC(CCO)C1. The second kappa shape index (κ2) is 7.38. The Balaban J connectivity index is 1.84. The second-order valence-electron chi connectivity index (χ2n) is 5.31. The molecule has 1 heterocycles. The summed E-state index contributed by atoms with van der Waals surface area (Å²) in [5, 5.41) is 11.9. The number of likely N-dealkylation sites (tertiary alicyclic amines) is 1. The van der Waals surface area contributed by atoms with Crippen LogP contribution in [-0.2, 0) is 11.3 Å². The van der Waals surface area contributed by atoms with Crippen LogP contribution in [0.25, 0.3) is 0 Å². The van der Waals surface area contributed by atoms with Crippen molar-refractivity contribution in [2.24, 2.45) is 11.7 Å². The third-order valence-corrected chi connectivity index (χ3v) is 3.79. The minimum Gasteiger partial charge on any atom is -0.396 e. The molecule has 1 aromatic rings. The molecule has 1 saturated heterocycles. The van der Waals surface area contributed by atoms with Gasteiger partial charge >= 0.3 is 0 Å². The van der Waals surface area contributed by atoms with E-state index in [1.807, 2.05) is 24.3 Å². The summed E-state index contributed by atoms with van der Waals surface area (Å²) in [6, 6.07) is 7.60. The van der Waals surface area contributed by atoms with Crippen molar-refractivity contribution in [2.75, 3.05) is 31.6 Å². The number of amides is 1. The number of nitrogens with one attached hydrogen (secondary N) is 1. The molecule has 1 atom stereocenters. The fourth-order valence-corrected chi connectivity index (χ4v) is 2.69. The Kier molecular flexibility index (Phi) is 5.52. The van der Waals surface area contributed by atoms with Gasteiger partial charge in [0.05, 0.1) is 6.54 Å². The van der Waals surface area contributed by atoms with E-state index in [0.29, 0.717) is 19.0 Å². The average Bonchev–Trinajstić information content (AvgIpc) is 2.87. The first-order valence-electron chi connectivity index (χ1n) is 7.14. The molecule has 20 heavy (non-hydrogen) atoms. The van der Waals surface area contributed by atoms with Crippen LogP contribution in [0.5, 0.6) is 0 Å². The van der Waals surface area contributed by atoms with Crippen molar-refractivity contribution in [1.82, 2.24) is 4.90 Å². The molecule has 1 aromatic carbocycles. The standard InChI is InChI=1S/C15H23N3O2/c16-9-13-3-1-2-4-14(13)17-15(20)11-18-7-5-12(10-18)6-8-19/h1-4,12,19H,5-11,16H2,(H,17,20). The third-order valence-electron chi connectivity index (χ3n) is 3.79. The Labute approximate surface area is 119 Å². The maximum absolute atomic E-state index is 12.1. The Morgan fingerprint density at radius 2 is 2.25 bits per heavy atom. The summed E-state index contributed by atoms with van der Waals surface area (Å²) >= 11 is 0. The van der Waals surface area contributed by atoms with Crippen LogP contribution >= 0.6 is 0 Å². The zero-order valence-electron chi connectivity index (χ0n) is 11.7. The van der Waals surface area contributed by atoms with E-state index in [2.05, 4.69) is 10.2 Å². The molecule has 1 amide bonds. The third kappa shape index (κ3) is 4.03. The number of anilines is 1. The van der Waals surface area contributed by atoms with Crippen LogP contribution in [-0.4, -0.2) is 42.2 Å². The number of hydrogen-bond donors (Lipinski definition) is 3. The summed E-state index contributed by atoms with van der Waals surface area (Å²) in [5.41, 5.74) is 7.40. The van der Waals surface area contributed by atoms with Gasteiger partial charge in [-0.05, 0) is 36.9 Å². The molecule has 0 aliphatic carbocycles. The zero-order valence-corrected chi connectivity index (χ0v) is 11.7.